The normalized spacial score (nSPS) is 18.1. The van der Waals surface area contributed by atoms with Gasteiger partial charge in [-0.25, -0.2) is 8.42 Å². The van der Waals surface area contributed by atoms with Gasteiger partial charge in [0.05, 0.1) is 24.9 Å². The molecule has 2 atom stereocenters. The van der Waals surface area contributed by atoms with Crippen LogP contribution in [0.3, 0.4) is 0 Å². The molecule has 0 amide bonds. The molecule has 0 fully saturated rings. The Bertz CT molecular complexity index is 1340. The van der Waals surface area contributed by atoms with Crippen molar-refractivity contribution < 1.29 is 23.1 Å². The number of carboxylic acid groups (broad SMARTS) is 1. The van der Waals surface area contributed by atoms with Gasteiger partial charge in [0.25, 0.3) is 0 Å². The van der Waals surface area contributed by atoms with E-state index < -0.39 is 16.0 Å². The molecule has 3 aromatic rings. The minimum Gasteiger partial charge on any atom is -0.486 e. The third-order valence-electron chi connectivity index (χ3n) is 6.42. The summed E-state index contributed by atoms with van der Waals surface area (Å²) in [6.45, 7) is 6.79. The zero-order valence-electron chi connectivity index (χ0n) is 20.7. The van der Waals surface area contributed by atoms with Crippen LogP contribution in [-0.4, -0.2) is 56.4 Å². The second kappa shape index (κ2) is 10.8. The van der Waals surface area contributed by atoms with Gasteiger partial charge in [-0.1, -0.05) is 23.4 Å². The summed E-state index contributed by atoms with van der Waals surface area (Å²) >= 11 is 0. The van der Waals surface area contributed by atoms with Crippen molar-refractivity contribution in [2.45, 2.75) is 70.0 Å². The Kier molecular flexibility index (Phi) is 7.70. The van der Waals surface area contributed by atoms with Crippen molar-refractivity contribution in [3.8, 4) is 5.75 Å². The van der Waals surface area contributed by atoms with E-state index >= 15 is 0 Å². The van der Waals surface area contributed by atoms with E-state index in [0.717, 1.165) is 28.9 Å². The number of hydrogen-bond acceptors (Lipinski definition) is 7. The molecule has 4 rings (SSSR count). The zero-order chi connectivity index (χ0) is 25.9. The molecule has 36 heavy (non-hydrogen) atoms. The highest BCUT2D eigenvalue weighted by Crippen LogP contribution is 2.32. The molecule has 0 saturated heterocycles. The number of carboxylic acids is 1. The highest BCUT2D eigenvalue weighted by atomic mass is 32.2. The van der Waals surface area contributed by atoms with Gasteiger partial charge in [-0.05, 0) is 62.3 Å². The first-order valence-corrected chi connectivity index (χ1v) is 13.4. The maximum atomic E-state index is 13.5. The Morgan fingerprint density at radius 3 is 2.83 bits per heavy atom. The molecule has 192 valence electrons. The number of hydrogen-bond donors (Lipinski definition) is 1. The molecular formula is C25H31N5O5S. The first-order valence-electron chi connectivity index (χ1n) is 12.0. The molecule has 11 heteroatoms. The van der Waals surface area contributed by atoms with Crippen LogP contribution < -0.4 is 4.74 Å². The summed E-state index contributed by atoms with van der Waals surface area (Å²) < 4.78 is 35.9. The highest BCUT2D eigenvalue weighted by Gasteiger charge is 2.34. The van der Waals surface area contributed by atoms with Gasteiger partial charge < -0.3 is 9.84 Å². The molecule has 0 aliphatic carbocycles. The fourth-order valence-electron chi connectivity index (χ4n) is 4.43. The van der Waals surface area contributed by atoms with E-state index in [0.29, 0.717) is 12.8 Å². The van der Waals surface area contributed by atoms with Crippen molar-refractivity contribution in [1.82, 2.24) is 24.3 Å². The lowest BCUT2D eigenvalue weighted by molar-refractivity contribution is -0.137. The molecule has 1 aliphatic rings. The van der Waals surface area contributed by atoms with Crippen LogP contribution in [0.4, 0.5) is 0 Å². The van der Waals surface area contributed by atoms with Gasteiger partial charge in [0, 0.05) is 25.5 Å². The number of aryl methyl sites for hydroxylation is 3. The van der Waals surface area contributed by atoms with Crippen molar-refractivity contribution >= 4 is 16.0 Å². The monoisotopic (exact) mass is 513 g/mol. The molecular weight excluding hydrogens is 482 g/mol. The zero-order valence-corrected chi connectivity index (χ0v) is 21.5. The second-order valence-electron chi connectivity index (χ2n) is 9.13. The average Bonchev–Trinajstić information content (AvgIpc) is 3.27. The summed E-state index contributed by atoms with van der Waals surface area (Å²) in [4.78, 5) is 15.7. The molecule has 0 radical (unpaired) electrons. The number of carbonyl (C=O) groups is 1. The number of rotatable bonds is 9. The van der Waals surface area contributed by atoms with Gasteiger partial charge in [0.1, 0.15) is 11.0 Å². The number of benzene rings is 1. The topological polar surface area (TPSA) is 128 Å². The predicted octanol–water partition coefficient (Wildman–Crippen LogP) is 3.16. The molecule has 1 aromatic carbocycles. The van der Waals surface area contributed by atoms with Crippen LogP contribution in [0.15, 0.2) is 47.8 Å². The molecule has 0 bridgehead atoms. The Hall–Kier alpha value is -3.31. The van der Waals surface area contributed by atoms with Crippen molar-refractivity contribution in [3.05, 3.63) is 65.2 Å². The third-order valence-corrected chi connectivity index (χ3v) is 8.28. The molecule has 1 aliphatic heterocycles. The fraction of sp³-hybridized carbons (Fsp3) is 0.440. The standard InChI is InChI=1S/C25H31N5O5S/c1-4-29-16-22(27-28-29)8-7-20(12-25(31)32)19-6-5-17(2)21(11-19)15-30-14-18(3)35-23-13-26-10-9-24(23)36(30,33)34/h5-6,9-11,13,16,18,20H,4,7-8,12,14-15H2,1-3H3,(H,31,32)/t18-,20?/m1/s1. The Balaban J connectivity index is 1.60. The van der Waals surface area contributed by atoms with Gasteiger partial charge in [-0.2, -0.15) is 4.31 Å². The van der Waals surface area contributed by atoms with E-state index in [1.165, 1.54) is 22.8 Å². The van der Waals surface area contributed by atoms with E-state index in [-0.39, 0.29) is 42.2 Å². The van der Waals surface area contributed by atoms with Crippen LogP contribution in [0.25, 0.3) is 0 Å². The van der Waals surface area contributed by atoms with Crippen LogP contribution in [0.1, 0.15) is 55.0 Å². The minimum atomic E-state index is -3.81. The molecule has 0 spiro atoms. The quantitative estimate of drug-likeness (QED) is 0.462. The van der Waals surface area contributed by atoms with E-state index in [4.69, 9.17) is 4.74 Å². The van der Waals surface area contributed by atoms with Gasteiger partial charge in [0.15, 0.2) is 5.75 Å². The molecule has 1 unspecified atom stereocenters. The summed E-state index contributed by atoms with van der Waals surface area (Å²) in [5, 5.41) is 17.8. The lowest BCUT2D eigenvalue weighted by Crippen LogP contribution is -2.35. The average molecular weight is 514 g/mol. The number of nitrogens with zero attached hydrogens (tertiary/aromatic N) is 5. The smallest absolute Gasteiger partial charge is 0.303 e. The van der Waals surface area contributed by atoms with Crippen LogP contribution in [0, 0.1) is 6.92 Å². The van der Waals surface area contributed by atoms with E-state index in [9.17, 15) is 18.3 Å². The van der Waals surface area contributed by atoms with E-state index in [1.54, 1.807) is 4.68 Å². The number of aliphatic carboxylic acids is 1. The lowest BCUT2D eigenvalue weighted by Gasteiger charge is -2.23. The second-order valence-corrected chi connectivity index (χ2v) is 11.0. The lowest BCUT2D eigenvalue weighted by atomic mass is 9.88. The first kappa shape index (κ1) is 25.8. The molecule has 0 saturated carbocycles. The van der Waals surface area contributed by atoms with Crippen molar-refractivity contribution in [2.24, 2.45) is 0 Å². The summed E-state index contributed by atoms with van der Waals surface area (Å²) in [7, 11) is -3.81. The van der Waals surface area contributed by atoms with E-state index in [2.05, 4.69) is 15.3 Å². The SMILES string of the molecule is CCn1cc(CCC(CC(=O)O)c2ccc(C)c(CN3C[C@@H](C)Oc4cnccc4S3(=O)=O)c2)nn1. The number of pyridine rings is 1. The summed E-state index contributed by atoms with van der Waals surface area (Å²) in [5.41, 5.74) is 3.44. The van der Waals surface area contributed by atoms with Crippen LogP contribution in [0.2, 0.25) is 0 Å². The van der Waals surface area contributed by atoms with Crippen molar-refractivity contribution in [3.63, 3.8) is 0 Å². The number of ether oxygens (including phenoxy) is 1. The third kappa shape index (κ3) is 5.73. The molecule has 1 N–H and O–H groups in total. The first-order chi connectivity index (χ1) is 17.2. The highest BCUT2D eigenvalue weighted by molar-refractivity contribution is 7.89. The van der Waals surface area contributed by atoms with Gasteiger partial charge in [-0.15, -0.1) is 5.10 Å². The van der Waals surface area contributed by atoms with Gasteiger partial charge >= 0.3 is 5.97 Å². The van der Waals surface area contributed by atoms with Gasteiger partial charge in [-0.3, -0.25) is 14.5 Å². The molecule has 2 aromatic heterocycles. The number of fused-ring (bicyclic) bond motifs is 1. The largest absolute Gasteiger partial charge is 0.486 e. The Labute approximate surface area is 211 Å². The minimum absolute atomic E-state index is 0.0301. The number of sulfonamides is 1. The molecule has 3 heterocycles. The van der Waals surface area contributed by atoms with Gasteiger partial charge in [0.2, 0.25) is 10.0 Å². The summed E-state index contributed by atoms with van der Waals surface area (Å²) in [6.07, 6.45) is 5.54. The number of aromatic nitrogens is 4. The Morgan fingerprint density at radius 1 is 1.31 bits per heavy atom. The van der Waals surface area contributed by atoms with Crippen molar-refractivity contribution in [2.75, 3.05) is 6.54 Å². The maximum absolute atomic E-state index is 13.5. The van der Waals surface area contributed by atoms with Crippen LogP contribution in [-0.2, 0) is 34.3 Å². The van der Waals surface area contributed by atoms with Crippen molar-refractivity contribution in [1.29, 1.82) is 0 Å². The Morgan fingerprint density at radius 2 is 2.11 bits per heavy atom. The summed E-state index contributed by atoms with van der Waals surface area (Å²) in [6, 6.07) is 7.25. The summed E-state index contributed by atoms with van der Waals surface area (Å²) in [5.74, 6) is -0.881. The van der Waals surface area contributed by atoms with Crippen LogP contribution in [0.5, 0.6) is 5.75 Å². The fourth-order valence-corrected chi connectivity index (χ4v) is 6.01. The maximum Gasteiger partial charge on any atom is 0.303 e. The molecule has 10 nitrogen and oxygen atoms in total. The predicted molar refractivity (Wildman–Crippen MR) is 132 cm³/mol. The van der Waals surface area contributed by atoms with Crippen LogP contribution >= 0.6 is 0 Å². The van der Waals surface area contributed by atoms with E-state index in [1.807, 2.05) is 45.2 Å².